The van der Waals surface area contributed by atoms with E-state index in [9.17, 15) is 0 Å². The summed E-state index contributed by atoms with van der Waals surface area (Å²) in [4.78, 5) is 12.8. The Hall–Kier alpha value is -4.23. The monoisotopic (exact) mass is 520 g/mol. The van der Waals surface area contributed by atoms with Crippen molar-refractivity contribution >= 4 is 38.8 Å². The number of benzene rings is 1. The number of thiophene rings is 1. The molecule has 7 heteroatoms. The summed E-state index contributed by atoms with van der Waals surface area (Å²) in [6.07, 6.45) is 10.6. The lowest BCUT2D eigenvalue weighted by Crippen LogP contribution is -2.16. The average Bonchev–Trinajstić information content (AvgIpc) is 3.63. The van der Waals surface area contributed by atoms with Crippen molar-refractivity contribution in [3.63, 3.8) is 0 Å². The van der Waals surface area contributed by atoms with Crippen LogP contribution in [0.2, 0.25) is 0 Å². The van der Waals surface area contributed by atoms with Crippen LogP contribution in [0.3, 0.4) is 0 Å². The molecule has 4 heterocycles. The van der Waals surface area contributed by atoms with Crippen LogP contribution < -0.4 is 5.32 Å². The summed E-state index contributed by atoms with van der Waals surface area (Å²) in [6, 6.07) is 8.38. The molecule has 5 aromatic rings. The smallest absolute Gasteiger partial charge is 0.159 e. The largest absolute Gasteiger partial charge is 0.359 e. The van der Waals surface area contributed by atoms with Crippen molar-refractivity contribution in [1.29, 1.82) is 0 Å². The van der Waals surface area contributed by atoms with Crippen LogP contribution >= 0.6 is 11.3 Å². The Kier molecular flexibility index (Phi) is 6.87. The zero-order valence-electron chi connectivity index (χ0n) is 22.2. The van der Waals surface area contributed by atoms with Crippen LogP contribution in [-0.2, 0) is 0 Å². The van der Waals surface area contributed by atoms with Crippen molar-refractivity contribution in [2.75, 3.05) is 0 Å². The number of H-pyrrole nitrogens is 2. The summed E-state index contributed by atoms with van der Waals surface area (Å²) in [6.45, 7) is 16.9. The molecule has 0 atom stereocenters. The quantitative estimate of drug-likeness (QED) is 0.180. The molecule has 0 saturated carbocycles. The van der Waals surface area contributed by atoms with Gasteiger partial charge in [-0.3, -0.25) is 10.1 Å². The first kappa shape index (κ1) is 25.4. The van der Waals surface area contributed by atoms with E-state index < -0.39 is 0 Å². The second-order valence-electron chi connectivity index (χ2n) is 10.5. The van der Waals surface area contributed by atoms with Gasteiger partial charge in [0, 0.05) is 28.5 Å². The van der Waals surface area contributed by atoms with Crippen LogP contribution in [0.1, 0.15) is 39.7 Å². The van der Waals surface area contributed by atoms with E-state index in [0.29, 0.717) is 5.82 Å². The van der Waals surface area contributed by atoms with E-state index in [1.54, 1.807) is 11.3 Å². The second kappa shape index (κ2) is 10.3. The summed E-state index contributed by atoms with van der Waals surface area (Å²) >= 11 is 1.66. The first-order chi connectivity index (χ1) is 18.3. The highest BCUT2D eigenvalue weighted by atomic mass is 32.1. The van der Waals surface area contributed by atoms with Gasteiger partial charge in [0.1, 0.15) is 11.2 Å². The lowest BCUT2D eigenvalue weighted by Gasteiger charge is -2.21. The minimum Gasteiger partial charge on any atom is -0.359 e. The van der Waals surface area contributed by atoms with E-state index in [1.807, 2.05) is 25.4 Å². The number of hydrogen-bond donors (Lipinski definition) is 3. The molecule has 0 fully saturated rings. The lowest BCUT2D eigenvalue weighted by molar-refractivity contribution is 0.403. The highest BCUT2D eigenvalue weighted by Crippen LogP contribution is 2.33. The van der Waals surface area contributed by atoms with Crippen LogP contribution in [0, 0.1) is 5.41 Å². The van der Waals surface area contributed by atoms with Crippen molar-refractivity contribution in [3.05, 3.63) is 95.8 Å². The standard InChI is InChI=1S/C31H32N6S/c1-7-20(13-23(8-2)33-19(3)15-31(4,5)6)21-9-10-26-24(14-21)29(37-36-26)30-34-27-17-32-16-25(28(27)35-30)22-11-12-38-18-22/h7-14,16-18,33H,2-3,15H2,1,4-6H3,(H,34,35)(H,36,37)/b20-7+,23-13+. The number of imidazole rings is 1. The number of hydrogen-bond acceptors (Lipinski definition) is 5. The number of aromatic amines is 2. The molecular formula is C31H32N6S. The molecule has 6 nitrogen and oxygen atoms in total. The van der Waals surface area contributed by atoms with E-state index in [0.717, 1.165) is 67.7 Å². The van der Waals surface area contributed by atoms with Gasteiger partial charge in [-0.1, -0.05) is 46.1 Å². The van der Waals surface area contributed by atoms with Crippen LogP contribution in [0.15, 0.2) is 90.2 Å². The van der Waals surface area contributed by atoms with Crippen LogP contribution in [-0.4, -0.2) is 25.1 Å². The number of allylic oxidation sites excluding steroid dienone is 5. The van der Waals surface area contributed by atoms with E-state index >= 15 is 0 Å². The molecule has 0 aliphatic heterocycles. The minimum absolute atomic E-state index is 0.152. The third-order valence-corrected chi connectivity index (χ3v) is 6.94. The van der Waals surface area contributed by atoms with Gasteiger partial charge in [-0.2, -0.15) is 16.4 Å². The summed E-state index contributed by atoms with van der Waals surface area (Å²) in [7, 11) is 0. The van der Waals surface area contributed by atoms with E-state index in [1.165, 1.54) is 0 Å². The zero-order chi connectivity index (χ0) is 26.9. The Labute approximate surface area is 226 Å². The summed E-state index contributed by atoms with van der Waals surface area (Å²) in [5.74, 6) is 0.706. The fraction of sp³-hybridized carbons (Fsp3) is 0.194. The highest BCUT2D eigenvalue weighted by Gasteiger charge is 2.17. The van der Waals surface area contributed by atoms with E-state index in [-0.39, 0.29) is 5.41 Å². The normalized spacial score (nSPS) is 12.8. The molecule has 192 valence electrons. The Balaban J connectivity index is 1.51. The maximum atomic E-state index is 4.95. The fourth-order valence-corrected chi connectivity index (χ4v) is 5.24. The molecule has 0 radical (unpaired) electrons. The molecule has 5 rings (SSSR count). The van der Waals surface area contributed by atoms with Gasteiger partial charge < -0.3 is 10.3 Å². The Morgan fingerprint density at radius 2 is 2.00 bits per heavy atom. The second-order valence-corrected chi connectivity index (χ2v) is 11.3. The van der Waals surface area contributed by atoms with Crippen molar-refractivity contribution in [1.82, 2.24) is 30.5 Å². The van der Waals surface area contributed by atoms with Gasteiger partial charge in [-0.25, -0.2) is 4.98 Å². The first-order valence-electron chi connectivity index (χ1n) is 12.6. The Morgan fingerprint density at radius 1 is 1.16 bits per heavy atom. The molecule has 0 unspecified atom stereocenters. The van der Waals surface area contributed by atoms with Crippen molar-refractivity contribution in [2.24, 2.45) is 5.41 Å². The number of rotatable bonds is 8. The number of nitrogens with one attached hydrogen (secondary N) is 3. The predicted molar refractivity (Wildman–Crippen MR) is 161 cm³/mol. The van der Waals surface area contributed by atoms with Gasteiger partial charge in [0.2, 0.25) is 0 Å². The molecule has 0 aliphatic rings. The van der Waals surface area contributed by atoms with Crippen LogP contribution in [0.5, 0.6) is 0 Å². The van der Waals surface area contributed by atoms with Gasteiger partial charge in [-0.15, -0.1) is 0 Å². The maximum Gasteiger partial charge on any atom is 0.159 e. The molecule has 4 aromatic heterocycles. The van der Waals surface area contributed by atoms with Crippen LogP contribution in [0.25, 0.3) is 50.2 Å². The molecule has 3 N–H and O–H groups in total. The van der Waals surface area contributed by atoms with Gasteiger partial charge in [-0.05, 0) is 76.6 Å². The molecule has 1 aromatic carbocycles. The number of aromatic nitrogens is 5. The van der Waals surface area contributed by atoms with Crippen LogP contribution in [0.4, 0.5) is 0 Å². The molecule has 0 saturated heterocycles. The number of fused-ring (bicyclic) bond motifs is 2. The minimum atomic E-state index is 0.152. The van der Waals surface area contributed by atoms with Gasteiger partial charge in [0.25, 0.3) is 0 Å². The van der Waals surface area contributed by atoms with Gasteiger partial charge in [0.15, 0.2) is 5.82 Å². The zero-order valence-corrected chi connectivity index (χ0v) is 23.0. The lowest BCUT2D eigenvalue weighted by atomic mass is 9.91. The van der Waals surface area contributed by atoms with Crippen molar-refractivity contribution in [3.8, 4) is 22.6 Å². The van der Waals surface area contributed by atoms with E-state index in [2.05, 4.69) is 107 Å². The number of pyridine rings is 1. The summed E-state index contributed by atoms with van der Waals surface area (Å²) in [5.41, 5.74) is 9.76. The fourth-order valence-electron chi connectivity index (χ4n) is 4.58. The van der Waals surface area contributed by atoms with Crippen molar-refractivity contribution in [2.45, 2.75) is 34.1 Å². The molecule has 0 amide bonds. The Bertz CT molecular complexity index is 1690. The first-order valence-corrected chi connectivity index (χ1v) is 13.5. The topological polar surface area (TPSA) is 82.3 Å². The average molecular weight is 521 g/mol. The third kappa shape index (κ3) is 5.24. The number of nitrogens with zero attached hydrogens (tertiary/aromatic N) is 3. The highest BCUT2D eigenvalue weighted by molar-refractivity contribution is 7.08. The molecule has 0 bridgehead atoms. The molecule has 38 heavy (non-hydrogen) atoms. The third-order valence-electron chi connectivity index (χ3n) is 6.25. The SMILES string of the molecule is C=C/C(=C\C(=C/C)c1ccc2[nH]nc(-c3nc4c(-c5ccsc5)cncc4[nH]3)c2c1)NC(=C)CC(C)(C)C. The predicted octanol–water partition coefficient (Wildman–Crippen LogP) is 8.24. The maximum absolute atomic E-state index is 4.95. The summed E-state index contributed by atoms with van der Waals surface area (Å²) in [5, 5.41) is 16.4. The van der Waals surface area contributed by atoms with Gasteiger partial charge >= 0.3 is 0 Å². The van der Waals surface area contributed by atoms with Crippen molar-refractivity contribution < 1.29 is 0 Å². The Morgan fingerprint density at radius 3 is 2.71 bits per heavy atom. The van der Waals surface area contributed by atoms with E-state index in [4.69, 9.17) is 4.98 Å². The molecular weight excluding hydrogens is 488 g/mol. The molecule has 0 aliphatic carbocycles. The van der Waals surface area contributed by atoms with Gasteiger partial charge in [0.05, 0.1) is 17.2 Å². The molecule has 0 spiro atoms. The summed E-state index contributed by atoms with van der Waals surface area (Å²) < 4.78 is 0.